The van der Waals surface area contributed by atoms with Crippen molar-refractivity contribution < 1.29 is 14.7 Å². The number of carbonyl (C=O) groups is 2. The zero-order valence-corrected chi connectivity index (χ0v) is 17.7. The van der Waals surface area contributed by atoms with Crippen molar-refractivity contribution >= 4 is 34.8 Å². The number of Topliss-reactive ketones (excluding diaryl/α,β-unsaturated/α-hetero) is 1. The second-order valence-electron chi connectivity index (χ2n) is 9.62. The van der Waals surface area contributed by atoms with Gasteiger partial charge >= 0.3 is 0 Å². The van der Waals surface area contributed by atoms with Gasteiger partial charge in [-0.1, -0.05) is 32.4 Å². The molecule has 0 aromatic heterocycles. The Balaban J connectivity index is 1.80. The number of ketones is 2. The minimum atomic E-state index is -0.670. The Hall–Kier alpha value is -0.640. The third kappa shape index (κ3) is 2.37. The van der Waals surface area contributed by atoms with E-state index < -0.39 is 16.9 Å². The summed E-state index contributed by atoms with van der Waals surface area (Å²) in [5.41, 5.74) is 0.409. The monoisotopic (exact) mass is 410 g/mol. The number of carbonyl (C=O) groups excluding carboxylic acids is 2. The minimum absolute atomic E-state index is 0.0241. The first kappa shape index (κ1) is 19.7. The van der Waals surface area contributed by atoms with E-state index in [1.807, 2.05) is 6.08 Å². The fourth-order valence-electron chi connectivity index (χ4n) is 7.30. The topological polar surface area (TPSA) is 54.4 Å². The quantitative estimate of drug-likeness (QED) is 0.690. The fourth-order valence-corrected chi connectivity index (χ4v) is 8.54. The number of alkyl halides is 2. The molecule has 0 aliphatic heterocycles. The molecule has 4 aliphatic rings. The van der Waals surface area contributed by atoms with Crippen LogP contribution in [0.3, 0.4) is 0 Å². The predicted octanol–water partition coefficient (Wildman–Crippen LogP) is 4.30. The van der Waals surface area contributed by atoms with E-state index >= 15 is 0 Å². The van der Waals surface area contributed by atoms with Crippen LogP contribution < -0.4 is 0 Å². The molecular formula is C22H28Cl2O3. The van der Waals surface area contributed by atoms with Crippen LogP contribution in [-0.4, -0.2) is 33.5 Å². The Morgan fingerprint density at radius 1 is 1.33 bits per heavy atom. The highest BCUT2D eigenvalue weighted by Gasteiger charge is 2.70. The molecule has 0 unspecified atom stereocenters. The van der Waals surface area contributed by atoms with Crippen molar-refractivity contribution in [2.75, 3.05) is 6.61 Å². The maximum atomic E-state index is 12.6. The van der Waals surface area contributed by atoms with Gasteiger partial charge in [-0.3, -0.25) is 9.59 Å². The number of aliphatic hydroxyl groups excluding tert-OH is 1. The average molecular weight is 411 g/mol. The van der Waals surface area contributed by atoms with Gasteiger partial charge in [0.05, 0.1) is 10.3 Å². The molecule has 4 rings (SSSR count). The maximum Gasteiger partial charge on any atom is 0.178 e. The van der Waals surface area contributed by atoms with Crippen molar-refractivity contribution in [3.63, 3.8) is 0 Å². The molecule has 0 saturated heterocycles. The standard InChI is InChI=1S/C22H28Cl2O3/c1-12-8-16-15-5-4-13-9-14(26)6-7-21(13,3)22(15,24)18(23)10-20(16,2)19(12)17(27)11-25/h6-7,9,12,15-16,18-19,25H,4-5,8,10-11H2,1-3H3/t12-,15+,16+,18+,19-,20+,21+,22+/m1/s1. The van der Waals surface area contributed by atoms with Gasteiger partial charge in [0, 0.05) is 11.3 Å². The maximum absolute atomic E-state index is 12.6. The molecule has 3 saturated carbocycles. The number of allylic oxidation sites excluding steroid dienone is 4. The summed E-state index contributed by atoms with van der Waals surface area (Å²) in [6.07, 6.45) is 8.67. The summed E-state index contributed by atoms with van der Waals surface area (Å²) in [6, 6.07) is 0. The first-order valence-corrected chi connectivity index (χ1v) is 10.8. The highest BCUT2D eigenvalue weighted by Crippen LogP contribution is 2.71. The van der Waals surface area contributed by atoms with Crippen molar-refractivity contribution in [1.29, 1.82) is 0 Å². The first-order chi connectivity index (χ1) is 12.6. The van der Waals surface area contributed by atoms with E-state index in [2.05, 4.69) is 20.8 Å². The summed E-state index contributed by atoms with van der Waals surface area (Å²) in [7, 11) is 0. The lowest BCUT2D eigenvalue weighted by Gasteiger charge is -2.63. The molecule has 0 amide bonds. The molecule has 0 spiro atoms. The Morgan fingerprint density at radius 2 is 2.04 bits per heavy atom. The number of fused-ring (bicyclic) bond motifs is 5. The lowest BCUT2D eigenvalue weighted by atomic mass is 9.47. The Morgan fingerprint density at radius 3 is 2.70 bits per heavy atom. The third-order valence-electron chi connectivity index (χ3n) is 8.44. The Labute approximate surface area is 171 Å². The van der Waals surface area contributed by atoms with Crippen LogP contribution in [0.4, 0.5) is 0 Å². The lowest BCUT2D eigenvalue weighted by Crippen LogP contribution is -2.64. The third-order valence-corrected chi connectivity index (χ3v) is 9.99. The molecule has 8 atom stereocenters. The molecule has 148 valence electrons. The van der Waals surface area contributed by atoms with E-state index in [0.29, 0.717) is 12.3 Å². The summed E-state index contributed by atoms with van der Waals surface area (Å²) < 4.78 is 0. The molecule has 0 bridgehead atoms. The average Bonchev–Trinajstić information content (AvgIpc) is 2.86. The number of aliphatic hydroxyl groups is 1. The van der Waals surface area contributed by atoms with E-state index in [-0.39, 0.29) is 40.1 Å². The van der Waals surface area contributed by atoms with Crippen LogP contribution in [0.1, 0.15) is 46.5 Å². The van der Waals surface area contributed by atoms with Crippen LogP contribution in [-0.2, 0) is 9.59 Å². The number of halogens is 2. The molecule has 1 N–H and O–H groups in total. The van der Waals surface area contributed by atoms with Gasteiger partial charge in [-0.15, -0.1) is 23.2 Å². The number of hydrogen-bond donors (Lipinski definition) is 1. The van der Waals surface area contributed by atoms with Crippen LogP contribution in [0.15, 0.2) is 23.8 Å². The minimum Gasteiger partial charge on any atom is -0.389 e. The van der Waals surface area contributed by atoms with Gasteiger partial charge in [0.15, 0.2) is 11.6 Å². The van der Waals surface area contributed by atoms with Crippen molar-refractivity contribution in [2.24, 2.45) is 34.5 Å². The molecule has 5 heteroatoms. The van der Waals surface area contributed by atoms with E-state index in [1.54, 1.807) is 12.2 Å². The zero-order chi connectivity index (χ0) is 19.8. The van der Waals surface area contributed by atoms with Crippen LogP contribution in [0.25, 0.3) is 0 Å². The second kappa shape index (κ2) is 6.18. The first-order valence-electron chi connectivity index (χ1n) is 10.0. The van der Waals surface area contributed by atoms with E-state index in [1.165, 1.54) is 0 Å². The molecule has 0 aromatic rings. The summed E-state index contributed by atoms with van der Waals surface area (Å²) >= 11 is 14.5. The highest BCUT2D eigenvalue weighted by atomic mass is 35.5. The molecule has 27 heavy (non-hydrogen) atoms. The van der Waals surface area contributed by atoms with E-state index in [9.17, 15) is 14.7 Å². The lowest BCUT2D eigenvalue weighted by molar-refractivity contribution is -0.133. The van der Waals surface area contributed by atoms with E-state index in [4.69, 9.17) is 23.2 Å². The van der Waals surface area contributed by atoms with Gasteiger partial charge in [-0.05, 0) is 61.0 Å². The second-order valence-corrected chi connectivity index (χ2v) is 10.8. The molecule has 0 radical (unpaired) electrons. The normalized spacial score (nSPS) is 51.3. The van der Waals surface area contributed by atoms with Gasteiger partial charge in [-0.2, -0.15) is 0 Å². The highest BCUT2D eigenvalue weighted by molar-refractivity contribution is 6.34. The SMILES string of the molecule is C[C@@H]1C[C@H]2[C@@H]3CCC4=CC(=O)C=C[C@]4(C)[C@@]3(Cl)[C@@H](Cl)C[C@]2(C)[C@H]1C(=O)CO. The van der Waals surface area contributed by atoms with Crippen LogP contribution in [0.2, 0.25) is 0 Å². The molecular weight excluding hydrogens is 383 g/mol. The largest absolute Gasteiger partial charge is 0.389 e. The zero-order valence-electron chi connectivity index (χ0n) is 16.2. The number of hydrogen-bond acceptors (Lipinski definition) is 3. The number of rotatable bonds is 2. The van der Waals surface area contributed by atoms with Crippen LogP contribution in [0, 0.1) is 34.5 Å². The molecule has 4 aliphatic carbocycles. The van der Waals surface area contributed by atoms with Crippen LogP contribution >= 0.6 is 23.2 Å². The molecule has 3 nitrogen and oxygen atoms in total. The van der Waals surface area contributed by atoms with Gasteiger partial charge in [0.1, 0.15) is 6.61 Å². The van der Waals surface area contributed by atoms with Gasteiger partial charge in [0.25, 0.3) is 0 Å². The smallest absolute Gasteiger partial charge is 0.178 e. The molecule has 0 heterocycles. The van der Waals surface area contributed by atoms with Gasteiger partial charge in [0.2, 0.25) is 0 Å². The van der Waals surface area contributed by atoms with Crippen molar-refractivity contribution in [1.82, 2.24) is 0 Å². The molecule has 3 fully saturated rings. The Bertz CT molecular complexity index is 759. The van der Waals surface area contributed by atoms with Crippen LogP contribution in [0.5, 0.6) is 0 Å². The van der Waals surface area contributed by atoms with Crippen molar-refractivity contribution in [3.05, 3.63) is 23.8 Å². The fraction of sp³-hybridized carbons (Fsp3) is 0.727. The molecule has 0 aromatic carbocycles. The van der Waals surface area contributed by atoms with Gasteiger partial charge in [-0.25, -0.2) is 0 Å². The summed E-state index contributed by atoms with van der Waals surface area (Å²) in [5, 5.41) is 9.22. The Kier molecular flexibility index (Phi) is 4.50. The van der Waals surface area contributed by atoms with Gasteiger partial charge < -0.3 is 5.11 Å². The summed E-state index contributed by atoms with van der Waals surface area (Å²) in [4.78, 5) is 23.8. The van der Waals surface area contributed by atoms with Crippen molar-refractivity contribution in [3.8, 4) is 0 Å². The summed E-state index contributed by atoms with van der Waals surface area (Å²) in [5.74, 6) is 0.489. The van der Waals surface area contributed by atoms with Crippen molar-refractivity contribution in [2.45, 2.75) is 56.7 Å². The summed E-state index contributed by atoms with van der Waals surface area (Å²) in [6.45, 7) is 6.01. The van der Waals surface area contributed by atoms with E-state index in [0.717, 1.165) is 24.8 Å². The predicted molar refractivity (Wildman–Crippen MR) is 107 cm³/mol.